The molecular formula is C20H33B3O4. The Balaban J connectivity index is 0.000000119. The van der Waals surface area contributed by atoms with Gasteiger partial charge < -0.3 is 18.6 Å². The Bertz CT molecular complexity index is 521. The molecule has 7 heteroatoms. The number of benzene rings is 1. The standard InChI is InChI=1S/C9H17B.C7H7BO2.C4H9BO2/c1-10-8-4-2-5-9(10)7-3-6-8;1-8-9-6-4-2-3-5-7(6)10-8;1-5-6-3-2-4-7-5/h8-9H,2-7H2,1H3;2-5H,1H3;2-4H2,1H3. The van der Waals surface area contributed by atoms with Crippen LogP contribution in [0.15, 0.2) is 24.3 Å². The largest absolute Gasteiger partial charge is 0.591 e. The number of hydrogen-bond acceptors (Lipinski definition) is 4. The summed E-state index contributed by atoms with van der Waals surface area (Å²) in [4.78, 5) is 0. The van der Waals surface area contributed by atoms with Gasteiger partial charge in [0, 0.05) is 13.2 Å². The highest BCUT2D eigenvalue weighted by molar-refractivity contribution is 6.61. The highest BCUT2D eigenvalue weighted by atomic mass is 16.6. The van der Waals surface area contributed by atoms with Gasteiger partial charge in [0.25, 0.3) is 0 Å². The Morgan fingerprint density at radius 1 is 0.704 bits per heavy atom. The van der Waals surface area contributed by atoms with Crippen LogP contribution in [0, 0.1) is 0 Å². The Kier molecular flexibility index (Phi) is 8.01. The van der Waals surface area contributed by atoms with E-state index in [2.05, 4.69) is 6.82 Å². The molecule has 1 aromatic rings. The molecular weight excluding hydrogens is 337 g/mol. The van der Waals surface area contributed by atoms with Gasteiger partial charge in [-0.2, -0.15) is 0 Å². The SMILES string of the molecule is CB1C2CCCC1CCC2.CB1OCCCO1.CB1Oc2ccccc2O1. The van der Waals surface area contributed by atoms with Crippen molar-refractivity contribution in [1.29, 1.82) is 0 Å². The van der Waals surface area contributed by atoms with Crippen molar-refractivity contribution in [1.82, 2.24) is 0 Å². The van der Waals surface area contributed by atoms with Crippen LogP contribution in [0.25, 0.3) is 0 Å². The topological polar surface area (TPSA) is 36.9 Å². The van der Waals surface area contributed by atoms with Gasteiger partial charge in [-0.3, -0.25) is 0 Å². The summed E-state index contributed by atoms with van der Waals surface area (Å²) in [5, 5.41) is 0. The molecule has 3 saturated heterocycles. The van der Waals surface area contributed by atoms with Crippen LogP contribution in [0.5, 0.6) is 11.5 Å². The van der Waals surface area contributed by atoms with Crippen LogP contribution in [0.2, 0.25) is 32.1 Å². The summed E-state index contributed by atoms with van der Waals surface area (Å²) in [6.07, 6.45) is 10.3. The molecule has 4 aliphatic rings. The first-order valence-corrected chi connectivity index (χ1v) is 10.8. The molecule has 0 radical (unpaired) electrons. The van der Waals surface area contributed by atoms with Gasteiger partial charge in [0.15, 0.2) is 0 Å². The Morgan fingerprint density at radius 3 is 1.56 bits per heavy atom. The minimum atomic E-state index is -0.127. The maximum atomic E-state index is 5.28. The van der Waals surface area contributed by atoms with Gasteiger partial charge >= 0.3 is 14.2 Å². The summed E-state index contributed by atoms with van der Waals surface area (Å²) < 4.78 is 20.7. The van der Waals surface area contributed by atoms with Crippen LogP contribution in [0.3, 0.4) is 0 Å². The third kappa shape index (κ3) is 6.22. The second kappa shape index (κ2) is 10.5. The van der Waals surface area contributed by atoms with Crippen molar-refractivity contribution in [2.75, 3.05) is 13.2 Å². The van der Waals surface area contributed by atoms with Crippen molar-refractivity contribution < 1.29 is 18.6 Å². The van der Waals surface area contributed by atoms with E-state index >= 15 is 0 Å². The fraction of sp³-hybridized carbons (Fsp3) is 0.700. The van der Waals surface area contributed by atoms with Crippen molar-refractivity contribution in [3.05, 3.63) is 24.3 Å². The van der Waals surface area contributed by atoms with Crippen molar-refractivity contribution in [3.8, 4) is 11.5 Å². The monoisotopic (exact) mass is 370 g/mol. The fourth-order valence-corrected chi connectivity index (χ4v) is 4.64. The van der Waals surface area contributed by atoms with Crippen LogP contribution in [0.1, 0.15) is 44.9 Å². The Morgan fingerprint density at radius 2 is 1.19 bits per heavy atom. The normalized spacial score (nSPS) is 25.8. The molecule has 4 heterocycles. The summed E-state index contributed by atoms with van der Waals surface area (Å²) in [5.41, 5.74) is 0. The molecule has 0 atom stereocenters. The molecule has 146 valence electrons. The lowest BCUT2D eigenvalue weighted by Crippen LogP contribution is -2.31. The van der Waals surface area contributed by atoms with Crippen molar-refractivity contribution >= 4 is 20.9 Å². The van der Waals surface area contributed by atoms with Gasteiger partial charge in [-0.15, -0.1) is 0 Å². The summed E-state index contributed by atoms with van der Waals surface area (Å²) in [7, 11) is -0.0915. The van der Waals surface area contributed by atoms with E-state index in [1.54, 1.807) is 0 Å². The van der Waals surface area contributed by atoms with Gasteiger partial charge in [0.2, 0.25) is 0 Å². The van der Waals surface area contributed by atoms with Crippen LogP contribution in [-0.2, 0) is 9.31 Å². The Hall–Kier alpha value is -1.07. The van der Waals surface area contributed by atoms with Gasteiger partial charge in [-0.1, -0.05) is 69.1 Å². The molecule has 2 bridgehead atoms. The third-order valence-electron chi connectivity index (χ3n) is 6.22. The lowest BCUT2D eigenvalue weighted by molar-refractivity contribution is 0.138. The number of hydrogen-bond donors (Lipinski definition) is 0. The molecule has 0 aliphatic carbocycles. The Labute approximate surface area is 166 Å². The minimum absolute atomic E-state index is 0.0359. The zero-order valence-electron chi connectivity index (χ0n) is 17.2. The second-order valence-electron chi connectivity index (χ2n) is 8.15. The molecule has 4 aliphatic heterocycles. The van der Waals surface area contributed by atoms with Gasteiger partial charge in [-0.25, -0.2) is 0 Å². The van der Waals surface area contributed by atoms with E-state index in [1.165, 1.54) is 38.5 Å². The third-order valence-corrected chi connectivity index (χ3v) is 6.22. The van der Waals surface area contributed by atoms with Gasteiger partial charge in [-0.05, 0) is 32.2 Å². The first-order valence-electron chi connectivity index (χ1n) is 10.8. The molecule has 27 heavy (non-hydrogen) atoms. The summed E-state index contributed by atoms with van der Waals surface area (Å²) in [6, 6.07) is 7.66. The maximum Gasteiger partial charge on any atom is 0.591 e. The summed E-state index contributed by atoms with van der Waals surface area (Å²) in [6.45, 7) is 9.07. The van der Waals surface area contributed by atoms with Gasteiger partial charge in [0.05, 0.1) is 0 Å². The quantitative estimate of drug-likeness (QED) is 0.578. The predicted molar refractivity (Wildman–Crippen MR) is 114 cm³/mol. The van der Waals surface area contributed by atoms with Crippen LogP contribution < -0.4 is 9.31 Å². The van der Waals surface area contributed by atoms with E-state index in [0.717, 1.165) is 49.5 Å². The highest BCUT2D eigenvalue weighted by Crippen LogP contribution is 2.45. The summed E-state index contributed by atoms with van der Waals surface area (Å²) in [5.74, 6) is 3.92. The molecule has 0 amide bonds. The maximum absolute atomic E-state index is 5.28. The van der Waals surface area contributed by atoms with Crippen LogP contribution in [-0.4, -0.2) is 34.2 Å². The predicted octanol–water partition coefficient (Wildman–Crippen LogP) is 5.34. The summed E-state index contributed by atoms with van der Waals surface area (Å²) >= 11 is 0. The zero-order valence-corrected chi connectivity index (χ0v) is 17.2. The molecule has 4 nitrogen and oxygen atoms in total. The molecule has 0 unspecified atom stereocenters. The fourth-order valence-electron chi connectivity index (χ4n) is 4.64. The van der Waals surface area contributed by atoms with Crippen LogP contribution in [0.4, 0.5) is 0 Å². The van der Waals surface area contributed by atoms with Crippen molar-refractivity contribution in [3.63, 3.8) is 0 Å². The molecule has 0 spiro atoms. The van der Waals surface area contributed by atoms with Gasteiger partial charge in [0.1, 0.15) is 18.2 Å². The van der Waals surface area contributed by atoms with E-state index < -0.39 is 0 Å². The zero-order chi connectivity index (χ0) is 19.1. The van der Waals surface area contributed by atoms with E-state index in [9.17, 15) is 0 Å². The van der Waals surface area contributed by atoms with E-state index in [4.69, 9.17) is 18.6 Å². The average Bonchev–Trinajstić information content (AvgIpc) is 3.03. The number of fused-ring (bicyclic) bond motifs is 3. The van der Waals surface area contributed by atoms with E-state index in [0.29, 0.717) is 0 Å². The average molecular weight is 370 g/mol. The first kappa shape index (κ1) is 20.7. The van der Waals surface area contributed by atoms with Crippen LogP contribution >= 0.6 is 0 Å². The minimum Gasteiger partial charge on any atom is -0.523 e. The first-order chi connectivity index (χ1) is 13.1. The number of rotatable bonds is 0. The molecule has 3 fully saturated rings. The van der Waals surface area contributed by atoms with Crippen molar-refractivity contribution in [2.24, 2.45) is 0 Å². The second-order valence-corrected chi connectivity index (χ2v) is 8.15. The van der Waals surface area contributed by atoms with E-state index in [1.807, 2.05) is 37.9 Å². The molecule has 0 aromatic heterocycles. The smallest absolute Gasteiger partial charge is 0.523 e. The lowest BCUT2D eigenvalue weighted by atomic mass is 9.29. The molecule has 5 rings (SSSR count). The lowest BCUT2D eigenvalue weighted by Gasteiger charge is -2.38. The van der Waals surface area contributed by atoms with E-state index in [-0.39, 0.29) is 14.2 Å². The molecule has 1 aromatic carbocycles. The number of para-hydroxylation sites is 2. The van der Waals surface area contributed by atoms with Crippen molar-refractivity contribution in [2.45, 2.75) is 77.0 Å². The molecule has 0 saturated carbocycles. The highest BCUT2D eigenvalue weighted by Gasteiger charge is 2.35. The molecule has 0 N–H and O–H groups in total.